The molecular formula is C14H25NO2. The Hall–Kier alpha value is -0.670. The number of ketones is 1. The maximum Gasteiger partial charge on any atom is 0.157 e. The van der Waals surface area contributed by atoms with Crippen LogP contribution in [0.25, 0.3) is 0 Å². The summed E-state index contributed by atoms with van der Waals surface area (Å²) in [6.45, 7) is 9.78. The van der Waals surface area contributed by atoms with Gasteiger partial charge in [-0.2, -0.15) is 5.06 Å². The number of carbonyl (C=O) groups excluding carboxylic acids is 1. The fraction of sp³-hybridized carbons (Fsp3) is 0.786. The molecule has 0 radical (unpaired) electrons. The molecule has 3 nitrogen and oxygen atoms in total. The van der Waals surface area contributed by atoms with E-state index in [2.05, 4.69) is 13.8 Å². The third-order valence-electron chi connectivity index (χ3n) is 4.52. The first-order chi connectivity index (χ1) is 7.94. The molecule has 1 aliphatic heterocycles. The van der Waals surface area contributed by atoms with Crippen LogP contribution in [0.4, 0.5) is 0 Å². The van der Waals surface area contributed by atoms with Crippen molar-refractivity contribution in [1.29, 1.82) is 0 Å². The van der Waals surface area contributed by atoms with Gasteiger partial charge in [0, 0.05) is 5.57 Å². The van der Waals surface area contributed by atoms with Gasteiger partial charge in [-0.05, 0) is 32.6 Å². The van der Waals surface area contributed by atoms with Crippen LogP contribution in [0.15, 0.2) is 11.6 Å². The molecule has 1 aliphatic rings. The van der Waals surface area contributed by atoms with Gasteiger partial charge in [-0.3, -0.25) is 4.79 Å². The van der Waals surface area contributed by atoms with E-state index in [1.165, 1.54) is 5.06 Å². The number of Topliss-reactive ketones (excluding diaryl/α,β-unsaturated/α-hetero) is 1. The first kappa shape index (κ1) is 14.4. The predicted octanol–water partition coefficient (Wildman–Crippen LogP) is 3.32. The molecule has 3 heteroatoms. The van der Waals surface area contributed by atoms with Gasteiger partial charge in [0.05, 0.1) is 11.1 Å². The third-order valence-corrected chi connectivity index (χ3v) is 4.52. The van der Waals surface area contributed by atoms with Gasteiger partial charge in [-0.15, -0.1) is 0 Å². The molecule has 1 heterocycles. The fourth-order valence-electron chi connectivity index (χ4n) is 3.12. The lowest BCUT2D eigenvalue weighted by atomic mass is 9.84. The second-order valence-electron chi connectivity index (χ2n) is 4.98. The van der Waals surface area contributed by atoms with Gasteiger partial charge < -0.3 is 5.21 Å². The number of rotatable bonds is 5. The van der Waals surface area contributed by atoms with E-state index in [9.17, 15) is 10.0 Å². The average molecular weight is 239 g/mol. The van der Waals surface area contributed by atoms with Crippen LogP contribution in [0.5, 0.6) is 0 Å². The van der Waals surface area contributed by atoms with Crippen molar-refractivity contribution in [3.8, 4) is 0 Å². The van der Waals surface area contributed by atoms with Crippen LogP contribution in [-0.2, 0) is 4.79 Å². The lowest BCUT2D eigenvalue weighted by Crippen LogP contribution is -2.53. The normalized spacial score (nSPS) is 22.6. The molecular weight excluding hydrogens is 214 g/mol. The first-order valence-corrected chi connectivity index (χ1v) is 6.67. The summed E-state index contributed by atoms with van der Waals surface area (Å²) in [6.07, 6.45) is 5.15. The first-order valence-electron chi connectivity index (χ1n) is 6.67. The summed E-state index contributed by atoms with van der Waals surface area (Å²) in [7, 11) is 0. The van der Waals surface area contributed by atoms with E-state index in [0.717, 1.165) is 31.3 Å². The van der Waals surface area contributed by atoms with Gasteiger partial charge in [0.15, 0.2) is 5.78 Å². The maximum atomic E-state index is 11.8. The zero-order chi connectivity index (χ0) is 13.3. The van der Waals surface area contributed by atoms with Crippen molar-refractivity contribution in [3.63, 3.8) is 0 Å². The summed E-state index contributed by atoms with van der Waals surface area (Å²) in [4.78, 5) is 11.8. The van der Waals surface area contributed by atoms with E-state index in [0.29, 0.717) is 0 Å². The molecule has 0 aromatic rings. The van der Waals surface area contributed by atoms with Crippen molar-refractivity contribution in [2.45, 2.75) is 71.4 Å². The SMILES string of the molecule is CCC1(CC)C=C(C(C)=O)C(CC)(CC)N1O. The van der Waals surface area contributed by atoms with Crippen LogP contribution in [0.1, 0.15) is 60.3 Å². The summed E-state index contributed by atoms with van der Waals surface area (Å²) in [5, 5.41) is 12.1. The highest BCUT2D eigenvalue weighted by molar-refractivity contribution is 5.96. The summed E-state index contributed by atoms with van der Waals surface area (Å²) >= 11 is 0. The van der Waals surface area contributed by atoms with Gasteiger partial charge in [-0.1, -0.05) is 33.8 Å². The highest BCUT2D eigenvalue weighted by Crippen LogP contribution is 2.46. The zero-order valence-corrected chi connectivity index (χ0v) is 11.7. The Morgan fingerprint density at radius 2 is 1.65 bits per heavy atom. The van der Waals surface area contributed by atoms with E-state index in [4.69, 9.17) is 0 Å². The number of hydrogen-bond donors (Lipinski definition) is 1. The minimum Gasteiger partial charge on any atom is -0.312 e. The molecule has 17 heavy (non-hydrogen) atoms. The van der Waals surface area contributed by atoms with Gasteiger partial charge in [0.2, 0.25) is 0 Å². The molecule has 0 fully saturated rings. The second-order valence-corrected chi connectivity index (χ2v) is 4.98. The smallest absolute Gasteiger partial charge is 0.157 e. The van der Waals surface area contributed by atoms with Gasteiger partial charge >= 0.3 is 0 Å². The van der Waals surface area contributed by atoms with Crippen molar-refractivity contribution < 1.29 is 10.0 Å². The lowest BCUT2D eigenvalue weighted by Gasteiger charge is -2.42. The number of nitrogens with zero attached hydrogens (tertiary/aromatic N) is 1. The Bertz CT molecular complexity index is 325. The summed E-state index contributed by atoms with van der Waals surface area (Å²) in [6, 6.07) is 0. The van der Waals surface area contributed by atoms with Crippen LogP contribution in [0.2, 0.25) is 0 Å². The summed E-state index contributed by atoms with van der Waals surface area (Å²) in [5.74, 6) is 0.0801. The quantitative estimate of drug-likeness (QED) is 0.800. The number of hydroxylamine groups is 2. The van der Waals surface area contributed by atoms with E-state index >= 15 is 0 Å². The zero-order valence-electron chi connectivity index (χ0n) is 11.7. The van der Waals surface area contributed by atoms with E-state index in [1.807, 2.05) is 19.9 Å². The molecule has 0 saturated carbocycles. The van der Waals surface area contributed by atoms with Crippen LogP contribution in [0.3, 0.4) is 0 Å². The molecule has 0 aromatic heterocycles. The largest absolute Gasteiger partial charge is 0.312 e. The molecule has 0 unspecified atom stereocenters. The Labute approximate surface area is 104 Å². The molecule has 0 amide bonds. The third kappa shape index (κ3) is 1.85. The molecule has 0 atom stereocenters. The Kier molecular flexibility index (Phi) is 4.15. The Balaban J connectivity index is 3.35. The molecule has 1 N–H and O–H groups in total. The van der Waals surface area contributed by atoms with Crippen molar-refractivity contribution in [2.75, 3.05) is 0 Å². The second kappa shape index (κ2) is 4.91. The number of hydrogen-bond acceptors (Lipinski definition) is 3. The van der Waals surface area contributed by atoms with Gasteiger partial charge in [-0.25, -0.2) is 0 Å². The summed E-state index contributed by atoms with van der Waals surface area (Å²) in [5.41, 5.74) is -0.0704. The highest BCUT2D eigenvalue weighted by Gasteiger charge is 2.53. The molecule has 0 aromatic carbocycles. The van der Waals surface area contributed by atoms with Crippen molar-refractivity contribution in [2.24, 2.45) is 0 Å². The Morgan fingerprint density at radius 3 is 1.88 bits per heavy atom. The highest BCUT2D eigenvalue weighted by atomic mass is 16.5. The molecule has 0 saturated heterocycles. The molecule has 0 spiro atoms. The molecule has 0 bridgehead atoms. The molecule has 0 aliphatic carbocycles. The van der Waals surface area contributed by atoms with E-state index < -0.39 is 5.54 Å². The van der Waals surface area contributed by atoms with Crippen LogP contribution in [0, 0.1) is 0 Å². The summed E-state index contributed by atoms with van der Waals surface area (Å²) < 4.78 is 0. The Morgan fingerprint density at radius 1 is 1.18 bits per heavy atom. The van der Waals surface area contributed by atoms with Gasteiger partial charge in [0.25, 0.3) is 0 Å². The maximum absolute atomic E-state index is 11.8. The average Bonchev–Trinajstić information content (AvgIpc) is 2.60. The molecule has 98 valence electrons. The fourth-order valence-corrected chi connectivity index (χ4v) is 3.12. The van der Waals surface area contributed by atoms with Crippen molar-refractivity contribution >= 4 is 5.78 Å². The number of carbonyl (C=O) groups is 1. The van der Waals surface area contributed by atoms with Crippen LogP contribution < -0.4 is 0 Å². The minimum absolute atomic E-state index is 0.0801. The predicted molar refractivity (Wildman–Crippen MR) is 69.0 cm³/mol. The monoisotopic (exact) mass is 239 g/mol. The van der Waals surface area contributed by atoms with E-state index in [1.54, 1.807) is 6.92 Å². The van der Waals surface area contributed by atoms with E-state index in [-0.39, 0.29) is 11.3 Å². The standard InChI is InChI=1S/C14H25NO2/c1-6-13(7-2)10-12(11(5)16)14(8-3,9-4)15(13)17/h10,17H,6-9H2,1-5H3. The van der Waals surface area contributed by atoms with Crippen molar-refractivity contribution in [3.05, 3.63) is 11.6 Å². The lowest BCUT2D eigenvalue weighted by molar-refractivity contribution is -0.209. The van der Waals surface area contributed by atoms with Crippen LogP contribution in [-0.4, -0.2) is 27.1 Å². The van der Waals surface area contributed by atoms with Crippen molar-refractivity contribution in [1.82, 2.24) is 5.06 Å². The topological polar surface area (TPSA) is 40.5 Å². The minimum atomic E-state index is -0.488. The van der Waals surface area contributed by atoms with Crippen LogP contribution >= 0.6 is 0 Å². The van der Waals surface area contributed by atoms with Gasteiger partial charge in [0.1, 0.15) is 0 Å². The molecule has 1 rings (SSSR count).